The van der Waals surface area contributed by atoms with Crippen molar-refractivity contribution in [3.05, 3.63) is 120 Å². The Morgan fingerprint density at radius 1 is 0.300 bits per heavy atom. The van der Waals surface area contributed by atoms with Crippen molar-refractivity contribution >= 4 is 30.6 Å². The van der Waals surface area contributed by atoms with Crippen LogP contribution in [0.4, 0.5) is 22.7 Å². The Morgan fingerprint density at radius 2 is 0.567 bits per heavy atom. The van der Waals surface area contributed by atoms with Crippen molar-refractivity contribution in [2.24, 2.45) is 0 Å². The molecule has 0 fully saturated rings. The van der Waals surface area contributed by atoms with Gasteiger partial charge in [0.15, 0.2) is 0 Å². The van der Waals surface area contributed by atoms with Gasteiger partial charge in [-0.2, -0.15) is 18.7 Å². The average Bonchev–Trinajstić information content (AvgIpc) is 3.26. The van der Waals surface area contributed by atoms with Gasteiger partial charge in [-0.3, -0.25) is 0 Å². The molecule has 0 saturated carbocycles. The molecule has 0 bridgehead atoms. The van der Waals surface area contributed by atoms with Gasteiger partial charge in [-0.05, 0) is 93.5 Å². The molecule has 4 nitrogen and oxygen atoms in total. The number of nitrogens with zero attached hydrogens (tertiary/aromatic N) is 4. The second kappa shape index (κ2) is 28.2. The maximum Gasteiger partial charge on any atom is 0.405 e. The zero-order valence-electron chi connectivity index (χ0n) is 39.5. The summed E-state index contributed by atoms with van der Waals surface area (Å²) in [7, 11) is -2.79. The van der Waals surface area contributed by atoms with Crippen LogP contribution in [0.25, 0.3) is 0 Å². The van der Waals surface area contributed by atoms with Crippen molar-refractivity contribution in [2.75, 3.05) is 44.9 Å². The molecule has 4 rings (SSSR count). The molecule has 0 aliphatic heterocycles. The first-order valence-electron chi connectivity index (χ1n) is 24.7. The summed E-state index contributed by atoms with van der Waals surface area (Å²) >= 11 is 0. The first-order chi connectivity index (χ1) is 29.4. The highest BCUT2D eigenvalue weighted by Gasteiger charge is 2.63. The number of hydrogen-bond donors (Lipinski definition) is 0. The lowest BCUT2D eigenvalue weighted by atomic mass is 10.1. The van der Waals surface area contributed by atoms with Gasteiger partial charge in [0.25, 0.3) is 0 Å². The molecule has 4 aromatic rings. The maximum absolute atomic E-state index is 3.03. The van der Waals surface area contributed by atoms with Crippen LogP contribution in [-0.4, -0.2) is 26.2 Å². The summed E-state index contributed by atoms with van der Waals surface area (Å²) in [6.07, 6.45) is 25.1. The summed E-state index contributed by atoms with van der Waals surface area (Å²) in [6.45, 7) is 20.5. The fraction of sp³-hybridized carbons (Fsp3) is 0.564. The van der Waals surface area contributed by atoms with Crippen LogP contribution in [0.1, 0.15) is 173 Å². The average molecular weight is 834 g/mol. The van der Waals surface area contributed by atoms with Crippen LogP contribution in [0.2, 0.25) is 0 Å². The summed E-state index contributed by atoms with van der Waals surface area (Å²) in [4.78, 5) is 0. The van der Waals surface area contributed by atoms with Crippen LogP contribution in [0.3, 0.4) is 0 Å². The summed E-state index contributed by atoms with van der Waals surface area (Å²) in [5, 5.41) is 0. The third kappa shape index (κ3) is 14.0. The molecule has 0 saturated heterocycles. The van der Waals surface area contributed by atoms with Gasteiger partial charge in [0.1, 0.15) is 0 Å². The fourth-order valence-corrected chi connectivity index (χ4v) is 14.2. The molecule has 0 aromatic heterocycles. The number of anilines is 4. The van der Waals surface area contributed by atoms with E-state index in [1.165, 1.54) is 168 Å². The quantitative estimate of drug-likeness (QED) is 0.0359. The van der Waals surface area contributed by atoms with Crippen molar-refractivity contribution in [3.8, 4) is 0 Å². The van der Waals surface area contributed by atoms with E-state index in [0.717, 1.165) is 26.2 Å². The minimum atomic E-state index is -2.79. The number of benzene rings is 4. The summed E-state index contributed by atoms with van der Waals surface area (Å²) in [5.74, 6) is 0. The molecule has 5 heteroatoms. The zero-order chi connectivity index (χ0) is 42.8. The summed E-state index contributed by atoms with van der Waals surface area (Å²) in [6, 6.07) is 39.9. The second-order valence-corrected chi connectivity index (χ2v) is 20.4. The van der Waals surface area contributed by atoms with Crippen LogP contribution in [-0.2, 0) is 0 Å². The molecule has 0 spiro atoms. The van der Waals surface area contributed by atoms with Crippen LogP contribution in [0.15, 0.2) is 103 Å². The molecule has 60 heavy (non-hydrogen) atoms. The van der Waals surface area contributed by atoms with E-state index >= 15 is 0 Å². The van der Waals surface area contributed by atoms with Crippen molar-refractivity contribution in [1.29, 1.82) is 0 Å². The fourth-order valence-electron chi connectivity index (χ4n) is 9.02. The highest BCUT2D eigenvalue weighted by atomic mass is 31.2. The number of para-hydroxylation sites is 4. The molecule has 0 heterocycles. The third-order valence-electron chi connectivity index (χ3n) is 12.4. The Bertz CT molecular complexity index is 1550. The molecule has 0 aliphatic rings. The van der Waals surface area contributed by atoms with Crippen LogP contribution in [0.5, 0.6) is 0 Å². The topological polar surface area (TPSA) is 13.0 Å². The number of hydrogen-bond acceptors (Lipinski definition) is 4. The van der Waals surface area contributed by atoms with Crippen molar-refractivity contribution in [1.82, 2.24) is 0 Å². The van der Waals surface area contributed by atoms with E-state index in [1.807, 2.05) is 0 Å². The van der Waals surface area contributed by atoms with E-state index in [0.29, 0.717) is 0 Å². The minimum Gasteiger partial charge on any atom is -0.190 e. The van der Waals surface area contributed by atoms with E-state index in [-0.39, 0.29) is 0 Å². The maximum atomic E-state index is 3.03. The first kappa shape index (κ1) is 49.2. The summed E-state index contributed by atoms with van der Waals surface area (Å²) < 4.78 is 12.1. The van der Waals surface area contributed by atoms with E-state index in [2.05, 4.69) is 170 Å². The normalized spacial score (nSPS) is 11.5. The van der Waals surface area contributed by atoms with Gasteiger partial charge in [0, 0.05) is 0 Å². The molecular weight excluding hydrogens is 748 g/mol. The predicted molar refractivity (Wildman–Crippen MR) is 271 cm³/mol. The van der Waals surface area contributed by atoms with Crippen LogP contribution in [0, 0.1) is 20.8 Å². The van der Waals surface area contributed by atoms with Crippen molar-refractivity contribution in [2.45, 2.75) is 177 Å². The lowest BCUT2D eigenvalue weighted by Gasteiger charge is -2.54. The highest BCUT2D eigenvalue weighted by Crippen LogP contribution is 2.74. The molecule has 0 aliphatic carbocycles. The second-order valence-electron chi connectivity index (χ2n) is 17.4. The molecular formula is C55H86N4P+. The van der Waals surface area contributed by atoms with Gasteiger partial charge in [-0.1, -0.05) is 203 Å². The van der Waals surface area contributed by atoms with Gasteiger partial charge in [0.2, 0.25) is 0 Å². The molecule has 0 N–H and O–H groups in total. The summed E-state index contributed by atoms with van der Waals surface area (Å²) in [5.41, 5.74) is 9.62. The number of aryl methyl sites for hydroxylation is 3. The van der Waals surface area contributed by atoms with Crippen molar-refractivity contribution < 1.29 is 0 Å². The molecule has 0 amide bonds. The number of rotatable bonds is 32. The molecule has 4 aromatic carbocycles. The third-order valence-corrected chi connectivity index (χ3v) is 16.7. The lowest BCUT2D eigenvalue weighted by Crippen LogP contribution is -2.55. The Kier molecular flexibility index (Phi) is 23.1. The Morgan fingerprint density at radius 3 is 0.867 bits per heavy atom. The minimum absolute atomic E-state index is 1.01. The van der Waals surface area contributed by atoms with E-state index in [4.69, 9.17) is 0 Å². The largest absolute Gasteiger partial charge is 0.405 e. The Labute approximate surface area is 370 Å². The molecule has 330 valence electrons. The van der Waals surface area contributed by atoms with E-state index in [9.17, 15) is 0 Å². The predicted octanol–water partition coefficient (Wildman–Crippen LogP) is 17.5. The van der Waals surface area contributed by atoms with Crippen LogP contribution >= 0.6 is 7.87 Å². The van der Waals surface area contributed by atoms with Crippen LogP contribution < -0.4 is 18.7 Å². The number of unbranched alkanes of at least 4 members (excludes halogenated alkanes) is 16. The van der Waals surface area contributed by atoms with Gasteiger partial charge in [-0.25, -0.2) is 0 Å². The van der Waals surface area contributed by atoms with E-state index in [1.54, 1.807) is 0 Å². The standard InChI is InChI=1S/C55H86N4P/c1-8-12-16-20-33-45-56(52-40-25-24-26-41-52)60(57(46-34-21-17-13-9-2)53-42-30-27-37-49(53)5,58(47-35-22-18-14-10-3)54-43-31-28-38-50(54)6)59(48-36-23-19-15-11-4)55-44-32-29-39-51(55)7/h24-32,37-44H,8-23,33-36,45-48H2,1-7H3/q+1. The SMILES string of the molecule is CCCCCCCN(c1ccccc1)[P+](N(CCCCCCC)c1ccccc1C)(N(CCCCCCC)c1ccccc1C)N(CCCCCCC)c1ccccc1C. The van der Waals surface area contributed by atoms with Gasteiger partial charge in [0.05, 0.1) is 48.9 Å². The molecule has 0 radical (unpaired) electrons. The first-order valence-corrected chi connectivity index (χ1v) is 26.3. The van der Waals surface area contributed by atoms with Crippen molar-refractivity contribution in [3.63, 3.8) is 0 Å². The monoisotopic (exact) mass is 834 g/mol. The van der Waals surface area contributed by atoms with Gasteiger partial charge in [-0.15, -0.1) is 0 Å². The Balaban J connectivity index is 2.22. The Hall–Kier alpha value is -3.49. The smallest absolute Gasteiger partial charge is 0.190 e. The molecule has 0 atom stereocenters. The zero-order valence-corrected chi connectivity index (χ0v) is 40.4. The van der Waals surface area contributed by atoms with Gasteiger partial charge < -0.3 is 0 Å². The van der Waals surface area contributed by atoms with E-state index < -0.39 is 7.87 Å². The highest BCUT2D eigenvalue weighted by molar-refractivity contribution is 7.81. The lowest BCUT2D eigenvalue weighted by molar-refractivity contribution is 0.621. The molecule has 0 unspecified atom stereocenters. The van der Waals surface area contributed by atoms with Gasteiger partial charge >= 0.3 is 7.87 Å².